The lowest BCUT2D eigenvalue weighted by Crippen LogP contribution is -2.43. The van der Waals surface area contributed by atoms with Crippen LogP contribution in [0.2, 0.25) is 0 Å². The maximum Gasteiger partial charge on any atom is 0.406 e. The molecule has 2 atom stereocenters. The minimum atomic E-state index is -0.484. The predicted octanol–water partition coefficient (Wildman–Crippen LogP) is 2.43. The monoisotopic (exact) mass is 320 g/mol. The molecule has 0 aliphatic carbocycles. The van der Waals surface area contributed by atoms with Crippen molar-refractivity contribution >= 4 is 11.6 Å². The molecule has 122 valence electrons. The molecule has 0 radical (unpaired) electrons. The van der Waals surface area contributed by atoms with E-state index in [4.69, 9.17) is 4.74 Å². The Morgan fingerprint density at radius 3 is 2.70 bits per heavy atom. The van der Waals surface area contributed by atoms with Crippen LogP contribution in [0.1, 0.15) is 18.6 Å². The smallest absolute Gasteiger partial charge is 0.367 e. The summed E-state index contributed by atoms with van der Waals surface area (Å²) in [6.45, 7) is 2.87. The molecule has 1 saturated heterocycles. The van der Waals surface area contributed by atoms with Gasteiger partial charge in [-0.25, -0.2) is 4.39 Å². The van der Waals surface area contributed by atoms with Crippen molar-refractivity contribution in [2.24, 2.45) is 7.05 Å². The van der Waals surface area contributed by atoms with Crippen LogP contribution < -0.4 is 4.90 Å². The highest BCUT2D eigenvalue weighted by Gasteiger charge is 2.33. The van der Waals surface area contributed by atoms with Crippen LogP contribution in [0.15, 0.2) is 30.6 Å². The van der Waals surface area contributed by atoms with Gasteiger partial charge in [-0.3, -0.25) is 4.57 Å². The van der Waals surface area contributed by atoms with Crippen molar-refractivity contribution in [3.05, 3.63) is 52.1 Å². The lowest BCUT2D eigenvalue weighted by atomic mass is 10.1. The van der Waals surface area contributed by atoms with E-state index in [0.717, 1.165) is 5.56 Å². The Hall–Kier alpha value is -2.48. The standard InChI is InChI=1S/C15H17FN4O3/c1-10-7-19(15-14(20(21)22)17-9-18(15)2)8-13(23-10)11-3-5-12(16)6-4-11/h3-6,9-10,13H,7-8H2,1-2H3/t10-,13+/m1/s1. The fourth-order valence-electron chi connectivity index (χ4n) is 2.89. The van der Waals surface area contributed by atoms with Crippen LogP contribution in [0.4, 0.5) is 16.0 Å². The van der Waals surface area contributed by atoms with Gasteiger partial charge in [0.15, 0.2) is 0 Å². The average Bonchev–Trinajstić information content (AvgIpc) is 2.89. The van der Waals surface area contributed by atoms with E-state index < -0.39 is 4.92 Å². The fourth-order valence-corrected chi connectivity index (χ4v) is 2.89. The first-order valence-corrected chi connectivity index (χ1v) is 7.27. The summed E-state index contributed by atoms with van der Waals surface area (Å²) in [5.41, 5.74) is 0.841. The number of benzene rings is 1. The highest BCUT2D eigenvalue weighted by molar-refractivity contribution is 5.55. The number of halogens is 1. The molecule has 23 heavy (non-hydrogen) atoms. The lowest BCUT2D eigenvalue weighted by Gasteiger charge is -2.37. The third-order valence-electron chi connectivity index (χ3n) is 3.86. The van der Waals surface area contributed by atoms with Crippen molar-refractivity contribution in [3.8, 4) is 0 Å². The van der Waals surface area contributed by atoms with E-state index in [1.54, 1.807) is 23.7 Å². The van der Waals surface area contributed by atoms with Crippen molar-refractivity contribution in [1.82, 2.24) is 9.55 Å². The number of aromatic nitrogens is 2. The Morgan fingerprint density at radius 2 is 2.04 bits per heavy atom. The van der Waals surface area contributed by atoms with E-state index in [1.807, 2.05) is 11.8 Å². The molecule has 0 spiro atoms. The minimum absolute atomic E-state index is 0.117. The van der Waals surface area contributed by atoms with Crippen LogP contribution >= 0.6 is 0 Å². The fraction of sp³-hybridized carbons (Fsp3) is 0.400. The molecular weight excluding hydrogens is 303 g/mol. The second-order valence-electron chi connectivity index (χ2n) is 5.65. The molecule has 0 saturated carbocycles. The number of nitro groups is 1. The Morgan fingerprint density at radius 1 is 1.35 bits per heavy atom. The maximum absolute atomic E-state index is 13.1. The van der Waals surface area contributed by atoms with Crippen LogP contribution in [-0.2, 0) is 11.8 Å². The summed E-state index contributed by atoms with van der Waals surface area (Å²) < 4.78 is 20.6. The first-order chi connectivity index (χ1) is 11.0. The molecule has 1 aliphatic rings. The zero-order valence-corrected chi connectivity index (χ0v) is 12.8. The number of ether oxygens (including phenoxy) is 1. The number of rotatable bonds is 3. The molecule has 2 aromatic rings. The van der Waals surface area contributed by atoms with Gasteiger partial charge in [0.05, 0.1) is 12.6 Å². The summed E-state index contributed by atoms with van der Waals surface area (Å²) >= 11 is 0. The number of aryl methyl sites for hydroxylation is 1. The summed E-state index contributed by atoms with van der Waals surface area (Å²) in [6.07, 6.45) is 1.03. The second kappa shape index (κ2) is 5.96. The van der Waals surface area contributed by atoms with Gasteiger partial charge >= 0.3 is 5.82 Å². The van der Waals surface area contributed by atoms with Crippen molar-refractivity contribution in [2.75, 3.05) is 18.0 Å². The van der Waals surface area contributed by atoms with Gasteiger partial charge in [-0.1, -0.05) is 12.1 Å². The maximum atomic E-state index is 13.1. The Balaban J connectivity index is 1.91. The molecule has 0 bridgehead atoms. The first-order valence-electron chi connectivity index (χ1n) is 7.27. The summed E-state index contributed by atoms with van der Waals surface area (Å²) in [7, 11) is 1.72. The second-order valence-corrected chi connectivity index (χ2v) is 5.65. The highest BCUT2D eigenvalue weighted by Crippen LogP contribution is 2.32. The Kier molecular flexibility index (Phi) is 3.99. The van der Waals surface area contributed by atoms with Gasteiger partial charge in [-0.05, 0) is 34.5 Å². The molecule has 3 rings (SSSR count). The van der Waals surface area contributed by atoms with E-state index in [9.17, 15) is 14.5 Å². The summed E-state index contributed by atoms with van der Waals surface area (Å²) in [5, 5.41) is 11.2. The third-order valence-corrected chi connectivity index (χ3v) is 3.86. The molecule has 8 heteroatoms. The Bertz CT molecular complexity index is 716. The molecule has 2 heterocycles. The van der Waals surface area contributed by atoms with E-state index >= 15 is 0 Å². The number of hydrogen-bond acceptors (Lipinski definition) is 5. The molecule has 1 aromatic carbocycles. The first kappa shape index (κ1) is 15.4. The van der Waals surface area contributed by atoms with Gasteiger partial charge in [0.25, 0.3) is 0 Å². The van der Waals surface area contributed by atoms with E-state index in [-0.39, 0.29) is 23.8 Å². The van der Waals surface area contributed by atoms with E-state index in [2.05, 4.69) is 4.98 Å². The number of morpholine rings is 1. The van der Waals surface area contributed by atoms with Crippen LogP contribution in [0, 0.1) is 15.9 Å². The molecule has 1 aliphatic heterocycles. The topological polar surface area (TPSA) is 73.4 Å². The molecule has 0 N–H and O–H groups in total. The Labute approximate surface area is 132 Å². The number of anilines is 1. The largest absolute Gasteiger partial charge is 0.406 e. The molecule has 1 fully saturated rings. The van der Waals surface area contributed by atoms with Crippen LogP contribution in [0.5, 0.6) is 0 Å². The number of imidazole rings is 1. The van der Waals surface area contributed by atoms with Crippen molar-refractivity contribution < 1.29 is 14.1 Å². The molecule has 0 unspecified atom stereocenters. The SMILES string of the molecule is C[C@@H]1CN(c2c([N+](=O)[O-])ncn2C)C[C@@H](c2ccc(F)cc2)O1. The molecule has 1 aromatic heterocycles. The predicted molar refractivity (Wildman–Crippen MR) is 81.8 cm³/mol. The van der Waals surface area contributed by atoms with Gasteiger partial charge < -0.3 is 19.8 Å². The van der Waals surface area contributed by atoms with Crippen LogP contribution in [0.3, 0.4) is 0 Å². The van der Waals surface area contributed by atoms with Gasteiger partial charge in [0.1, 0.15) is 11.9 Å². The molecule has 7 nitrogen and oxygen atoms in total. The van der Waals surface area contributed by atoms with Gasteiger partial charge in [0, 0.05) is 13.6 Å². The van der Waals surface area contributed by atoms with E-state index in [0.29, 0.717) is 18.9 Å². The average molecular weight is 320 g/mol. The van der Waals surface area contributed by atoms with Gasteiger partial charge in [0.2, 0.25) is 12.1 Å². The summed E-state index contributed by atoms with van der Waals surface area (Å²) in [4.78, 5) is 16.4. The number of nitrogens with zero attached hydrogens (tertiary/aromatic N) is 4. The zero-order chi connectivity index (χ0) is 16.6. The highest BCUT2D eigenvalue weighted by atomic mass is 19.1. The normalized spacial score (nSPS) is 21.4. The summed E-state index contributed by atoms with van der Waals surface area (Å²) in [6, 6.07) is 6.12. The molecular formula is C15H17FN4O3. The van der Waals surface area contributed by atoms with Crippen LogP contribution in [-0.4, -0.2) is 33.7 Å². The quantitative estimate of drug-likeness (QED) is 0.641. The van der Waals surface area contributed by atoms with Crippen molar-refractivity contribution in [1.29, 1.82) is 0 Å². The zero-order valence-electron chi connectivity index (χ0n) is 12.8. The molecule has 0 amide bonds. The third kappa shape index (κ3) is 3.02. The van der Waals surface area contributed by atoms with Gasteiger partial charge in [-0.15, -0.1) is 0 Å². The minimum Gasteiger partial charge on any atom is -0.367 e. The van der Waals surface area contributed by atoms with Crippen LogP contribution in [0.25, 0.3) is 0 Å². The number of hydrogen-bond donors (Lipinski definition) is 0. The van der Waals surface area contributed by atoms with Crippen molar-refractivity contribution in [3.63, 3.8) is 0 Å². The lowest BCUT2D eigenvalue weighted by molar-refractivity contribution is -0.388. The van der Waals surface area contributed by atoms with Gasteiger partial charge in [-0.2, -0.15) is 0 Å². The van der Waals surface area contributed by atoms with Crippen molar-refractivity contribution in [2.45, 2.75) is 19.1 Å². The van der Waals surface area contributed by atoms with E-state index in [1.165, 1.54) is 18.5 Å². The summed E-state index contributed by atoms with van der Waals surface area (Å²) in [5.74, 6) is -0.0199.